The molecule has 0 saturated heterocycles. The van der Waals surface area contributed by atoms with Gasteiger partial charge in [0.05, 0.1) is 11.7 Å². The molecule has 2 N–H and O–H groups in total. The first-order valence-electron chi connectivity index (χ1n) is 6.02. The van der Waals surface area contributed by atoms with Crippen LogP contribution in [0.4, 0.5) is 5.95 Å². The molecule has 2 aromatic rings. The maximum atomic E-state index is 11.2. The fourth-order valence-corrected chi connectivity index (χ4v) is 1.77. The number of rotatable bonds is 5. The van der Waals surface area contributed by atoms with Gasteiger partial charge in [-0.05, 0) is 18.6 Å². The lowest BCUT2D eigenvalue weighted by Crippen LogP contribution is -2.17. The van der Waals surface area contributed by atoms with Crippen LogP contribution in [0.2, 0.25) is 0 Å². The van der Waals surface area contributed by atoms with Crippen molar-refractivity contribution in [3.05, 3.63) is 52.7 Å². The van der Waals surface area contributed by atoms with Gasteiger partial charge < -0.3 is 5.32 Å². The summed E-state index contributed by atoms with van der Waals surface area (Å²) < 4.78 is 0. The standard InChI is InChI=1S/C13H16N4O/c1-2-5-11(10-6-3-4-8-14-10)16-13-15-9-7-12(18)17-13/h3-4,6-9,11H,2,5H2,1H3,(H2,15,16,17,18). The number of aromatic nitrogens is 3. The van der Waals surface area contributed by atoms with Crippen molar-refractivity contribution in [1.29, 1.82) is 0 Å². The van der Waals surface area contributed by atoms with Gasteiger partial charge in [0.2, 0.25) is 5.95 Å². The Hall–Kier alpha value is -2.17. The molecule has 5 heteroatoms. The lowest BCUT2D eigenvalue weighted by molar-refractivity contribution is 0.653. The van der Waals surface area contributed by atoms with Crippen LogP contribution < -0.4 is 10.9 Å². The Morgan fingerprint density at radius 1 is 1.28 bits per heavy atom. The highest BCUT2D eigenvalue weighted by Crippen LogP contribution is 2.19. The van der Waals surface area contributed by atoms with Crippen molar-refractivity contribution in [2.75, 3.05) is 5.32 Å². The first kappa shape index (κ1) is 12.3. The summed E-state index contributed by atoms with van der Waals surface area (Å²) in [7, 11) is 0. The average molecular weight is 244 g/mol. The molecule has 1 atom stereocenters. The van der Waals surface area contributed by atoms with E-state index in [1.807, 2.05) is 18.2 Å². The summed E-state index contributed by atoms with van der Waals surface area (Å²) in [6.45, 7) is 2.11. The highest BCUT2D eigenvalue weighted by molar-refractivity contribution is 5.28. The third-order valence-corrected chi connectivity index (χ3v) is 2.60. The van der Waals surface area contributed by atoms with E-state index in [4.69, 9.17) is 0 Å². The minimum atomic E-state index is -0.163. The third kappa shape index (κ3) is 3.16. The maximum absolute atomic E-state index is 11.2. The molecular weight excluding hydrogens is 228 g/mol. The van der Waals surface area contributed by atoms with Gasteiger partial charge in [-0.1, -0.05) is 19.4 Å². The summed E-state index contributed by atoms with van der Waals surface area (Å²) in [6.07, 6.45) is 5.20. The summed E-state index contributed by atoms with van der Waals surface area (Å²) >= 11 is 0. The molecule has 2 heterocycles. The highest BCUT2D eigenvalue weighted by Gasteiger charge is 2.12. The second-order valence-electron chi connectivity index (χ2n) is 4.02. The second kappa shape index (κ2) is 5.95. The monoisotopic (exact) mass is 244 g/mol. The Labute approximate surface area is 105 Å². The Morgan fingerprint density at radius 3 is 2.83 bits per heavy atom. The minimum absolute atomic E-state index is 0.0572. The van der Waals surface area contributed by atoms with E-state index in [0.717, 1.165) is 18.5 Å². The van der Waals surface area contributed by atoms with Crippen molar-refractivity contribution in [2.45, 2.75) is 25.8 Å². The predicted molar refractivity (Wildman–Crippen MR) is 70.4 cm³/mol. The molecule has 0 aliphatic carbocycles. The predicted octanol–water partition coefficient (Wildman–Crippen LogP) is 2.12. The summed E-state index contributed by atoms with van der Waals surface area (Å²) in [5.41, 5.74) is 0.787. The smallest absolute Gasteiger partial charge is 0.252 e. The number of nitrogens with one attached hydrogen (secondary N) is 2. The van der Waals surface area contributed by atoms with E-state index < -0.39 is 0 Å². The number of pyridine rings is 1. The van der Waals surface area contributed by atoms with Crippen molar-refractivity contribution in [3.8, 4) is 0 Å². The Bertz CT molecular complexity index is 538. The maximum Gasteiger partial charge on any atom is 0.252 e. The van der Waals surface area contributed by atoms with E-state index in [2.05, 4.69) is 27.2 Å². The zero-order valence-corrected chi connectivity index (χ0v) is 10.3. The molecule has 0 aromatic carbocycles. The van der Waals surface area contributed by atoms with Crippen LogP contribution in [-0.2, 0) is 0 Å². The van der Waals surface area contributed by atoms with Crippen molar-refractivity contribution in [2.24, 2.45) is 0 Å². The summed E-state index contributed by atoms with van der Waals surface area (Å²) in [4.78, 5) is 22.3. The van der Waals surface area contributed by atoms with Crippen LogP contribution >= 0.6 is 0 Å². The molecular formula is C13H16N4O. The summed E-state index contributed by atoms with van der Waals surface area (Å²) in [5.74, 6) is 0.478. The van der Waals surface area contributed by atoms with Gasteiger partial charge >= 0.3 is 0 Å². The molecule has 0 spiro atoms. The number of anilines is 1. The fourth-order valence-electron chi connectivity index (χ4n) is 1.77. The zero-order valence-electron chi connectivity index (χ0n) is 10.3. The van der Waals surface area contributed by atoms with Gasteiger partial charge in [-0.25, -0.2) is 4.98 Å². The molecule has 5 nitrogen and oxygen atoms in total. The molecule has 0 fully saturated rings. The van der Waals surface area contributed by atoms with Gasteiger partial charge in [-0.2, -0.15) is 0 Å². The zero-order chi connectivity index (χ0) is 12.8. The largest absolute Gasteiger partial charge is 0.347 e. The van der Waals surface area contributed by atoms with Gasteiger partial charge in [-0.15, -0.1) is 0 Å². The normalized spacial score (nSPS) is 12.1. The van der Waals surface area contributed by atoms with Crippen LogP contribution in [-0.4, -0.2) is 15.0 Å². The first-order chi connectivity index (χ1) is 8.79. The molecule has 0 radical (unpaired) electrons. The molecule has 0 aliphatic rings. The Balaban J connectivity index is 2.19. The molecule has 2 aromatic heterocycles. The van der Waals surface area contributed by atoms with Gasteiger partial charge in [0, 0.05) is 18.5 Å². The molecule has 18 heavy (non-hydrogen) atoms. The molecule has 0 aliphatic heterocycles. The van der Waals surface area contributed by atoms with Crippen molar-refractivity contribution in [3.63, 3.8) is 0 Å². The number of hydrogen-bond acceptors (Lipinski definition) is 4. The van der Waals surface area contributed by atoms with Crippen LogP contribution in [0, 0.1) is 0 Å². The fraction of sp³-hybridized carbons (Fsp3) is 0.308. The van der Waals surface area contributed by atoms with Crippen LogP contribution in [0.1, 0.15) is 31.5 Å². The van der Waals surface area contributed by atoms with E-state index in [0.29, 0.717) is 5.95 Å². The molecule has 0 amide bonds. The Morgan fingerprint density at radius 2 is 2.17 bits per heavy atom. The number of H-pyrrole nitrogens is 1. The van der Waals surface area contributed by atoms with Gasteiger partial charge in [0.15, 0.2) is 0 Å². The van der Waals surface area contributed by atoms with Gasteiger partial charge in [-0.3, -0.25) is 14.8 Å². The molecule has 1 unspecified atom stereocenters. The highest BCUT2D eigenvalue weighted by atomic mass is 16.1. The molecule has 0 bridgehead atoms. The van der Waals surface area contributed by atoms with E-state index in [9.17, 15) is 4.79 Å². The lowest BCUT2D eigenvalue weighted by Gasteiger charge is -2.17. The van der Waals surface area contributed by atoms with Crippen LogP contribution in [0.3, 0.4) is 0 Å². The second-order valence-corrected chi connectivity index (χ2v) is 4.02. The van der Waals surface area contributed by atoms with Crippen molar-refractivity contribution >= 4 is 5.95 Å². The molecule has 94 valence electrons. The van der Waals surface area contributed by atoms with Crippen LogP contribution in [0.15, 0.2) is 41.5 Å². The molecule has 2 rings (SSSR count). The minimum Gasteiger partial charge on any atom is -0.347 e. The SMILES string of the molecule is CCCC(Nc1nccc(=O)[nH]1)c1ccccn1. The Kier molecular flexibility index (Phi) is 4.06. The number of hydrogen-bond donors (Lipinski definition) is 2. The average Bonchev–Trinajstić information content (AvgIpc) is 2.39. The van der Waals surface area contributed by atoms with Gasteiger partial charge in [0.1, 0.15) is 0 Å². The third-order valence-electron chi connectivity index (χ3n) is 2.60. The first-order valence-corrected chi connectivity index (χ1v) is 6.02. The quantitative estimate of drug-likeness (QED) is 0.845. The van der Waals surface area contributed by atoms with E-state index >= 15 is 0 Å². The summed E-state index contributed by atoms with van der Waals surface area (Å²) in [5, 5.41) is 3.21. The van der Waals surface area contributed by atoms with Crippen LogP contribution in [0.5, 0.6) is 0 Å². The number of nitrogens with zero attached hydrogens (tertiary/aromatic N) is 2. The summed E-state index contributed by atoms with van der Waals surface area (Å²) in [6, 6.07) is 7.25. The van der Waals surface area contributed by atoms with Crippen molar-refractivity contribution < 1.29 is 0 Å². The van der Waals surface area contributed by atoms with E-state index in [1.54, 1.807) is 6.20 Å². The topological polar surface area (TPSA) is 70.7 Å². The van der Waals surface area contributed by atoms with E-state index in [-0.39, 0.29) is 11.6 Å². The van der Waals surface area contributed by atoms with Gasteiger partial charge in [0.25, 0.3) is 5.56 Å². The molecule has 0 saturated carbocycles. The van der Waals surface area contributed by atoms with Crippen molar-refractivity contribution in [1.82, 2.24) is 15.0 Å². The lowest BCUT2D eigenvalue weighted by atomic mass is 10.1. The van der Waals surface area contributed by atoms with E-state index in [1.165, 1.54) is 12.3 Å². The number of aromatic amines is 1. The van der Waals surface area contributed by atoms with Crippen LogP contribution in [0.25, 0.3) is 0 Å².